The molecule has 2 N–H and O–H groups in total. The highest BCUT2D eigenvalue weighted by molar-refractivity contribution is 5.76. The van der Waals surface area contributed by atoms with Crippen LogP contribution in [0.2, 0.25) is 0 Å². The van der Waals surface area contributed by atoms with Crippen LogP contribution in [0.5, 0.6) is 0 Å². The summed E-state index contributed by atoms with van der Waals surface area (Å²) in [5.74, 6) is 0.843. The van der Waals surface area contributed by atoms with Crippen LogP contribution in [0.15, 0.2) is 0 Å². The second-order valence-corrected chi connectivity index (χ2v) is 5.66. The van der Waals surface area contributed by atoms with E-state index in [1.165, 1.54) is 38.5 Å². The summed E-state index contributed by atoms with van der Waals surface area (Å²) >= 11 is 0. The molecule has 1 aliphatic rings. The summed E-state index contributed by atoms with van der Waals surface area (Å²) in [6.07, 6.45) is 10.3. The molecular weight excluding hydrogens is 224 g/mol. The Kier molecular flexibility index (Phi) is 7.33. The second-order valence-electron chi connectivity index (χ2n) is 5.66. The van der Waals surface area contributed by atoms with Crippen LogP contribution >= 0.6 is 0 Å². The van der Waals surface area contributed by atoms with Gasteiger partial charge in [-0.15, -0.1) is 0 Å². The van der Waals surface area contributed by atoms with E-state index < -0.39 is 0 Å². The Labute approximate surface area is 112 Å². The van der Waals surface area contributed by atoms with Gasteiger partial charge < -0.3 is 10.6 Å². The van der Waals surface area contributed by atoms with Crippen LogP contribution in [-0.4, -0.2) is 30.4 Å². The molecule has 0 bridgehead atoms. The SMILES string of the molecule is CCCCCCCC(=O)N(C)C1CCCC1CN. The van der Waals surface area contributed by atoms with E-state index in [1.54, 1.807) is 0 Å². The highest BCUT2D eigenvalue weighted by Crippen LogP contribution is 2.28. The second kappa shape index (κ2) is 8.52. The maximum atomic E-state index is 12.1. The van der Waals surface area contributed by atoms with Gasteiger partial charge in [0.1, 0.15) is 0 Å². The summed E-state index contributed by atoms with van der Waals surface area (Å²) in [7, 11) is 1.97. The number of carbonyl (C=O) groups excluding carboxylic acids is 1. The zero-order chi connectivity index (χ0) is 13.4. The van der Waals surface area contributed by atoms with Gasteiger partial charge in [-0.1, -0.05) is 39.0 Å². The molecule has 0 saturated heterocycles. The third-order valence-electron chi connectivity index (χ3n) is 4.31. The van der Waals surface area contributed by atoms with Crippen molar-refractivity contribution < 1.29 is 4.79 Å². The van der Waals surface area contributed by atoms with Gasteiger partial charge in [-0.3, -0.25) is 4.79 Å². The zero-order valence-corrected chi connectivity index (χ0v) is 12.2. The lowest BCUT2D eigenvalue weighted by Crippen LogP contribution is -2.41. The summed E-state index contributed by atoms with van der Waals surface area (Å²) in [5, 5.41) is 0. The average molecular weight is 254 g/mol. The minimum absolute atomic E-state index is 0.317. The van der Waals surface area contributed by atoms with E-state index in [0.29, 0.717) is 24.3 Å². The number of nitrogens with two attached hydrogens (primary N) is 1. The summed E-state index contributed by atoms with van der Waals surface area (Å²) in [6.45, 7) is 2.94. The fourth-order valence-electron chi connectivity index (χ4n) is 3.04. The molecule has 3 heteroatoms. The lowest BCUT2D eigenvalue weighted by atomic mass is 10.0. The molecule has 0 heterocycles. The van der Waals surface area contributed by atoms with Crippen molar-refractivity contribution >= 4 is 5.91 Å². The maximum absolute atomic E-state index is 12.1. The first-order valence-electron chi connectivity index (χ1n) is 7.66. The van der Waals surface area contributed by atoms with Gasteiger partial charge in [0.25, 0.3) is 0 Å². The van der Waals surface area contributed by atoms with Gasteiger partial charge in [-0.2, -0.15) is 0 Å². The molecule has 1 aliphatic carbocycles. The Morgan fingerprint density at radius 1 is 1.22 bits per heavy atom. The Bertz CT molecular complexity index is 243. The van der Waals surface area contributed by atoms with Crippen LogP contribution in [0.25, 0.3) is 0 Å². The molecule has 1 amide bonds. The molecule has 1 fully saturated rings. The highest BCUT2D eigenvalue weighted by atomic mass is 16.2. The van der Waals surface area contributed by atoms with E-state index in [-0.39, 0.29) is 0 Å². The van der Waals surface area contributed by atoms with Gasteiger partial charge in [0.05, 0.1) is 0 Å². The molecule has 0 aromatic heterocycles. The number of unbranched alkanes of at least 4 members (excludes halogenated alkanes) is 4. The number of hydrogen-bond acceptors (Lipinski definition) is 2. The van der Waals surface area contributed by atoms with E-state index in [1.807, 2.05) is 11.9 Å². The molecule has 2 unspecified atom stereocenters. The van der Waals surface area contributed by atoms with Crippen molar-refractivity contribution in [2.24, 2.45) is 11.7 Å². The molecule has 18 heavy (non-hydrogen) atoms. The third kappa shape index (κ3) is 4.60. The van der Waals surface area contributed by atoms with E-state index in [0.717, 1.165) is 19.4 Å². The Morgan fingerprint density at radius 2 is 1.94 bits per heavy atom. The lowest BCUT2D eigenvalue weighted by molar-refractivity contribution is -0.132. The number of carbonyl (C=O) groups is 1. The minimum Gasteiger partial charge on any atom is -0.342 e. The zero-order valence-electron chi connectivity index (χ0n) is 12.2. The van der Waals surface area contributed by atoms with Gasteiger partial charge in [-0.05, 0) is 31.7 Å². The first kappa shape index (κ1) is 15.5. The fraction of sp³-hybridized carbons (Fsp3) is 0.933. The molecule has 0 radical (unpaired) electrons. The van der Waals surface area contributed by atoms with Crippen LogP contribution in [-0.2, 0) is 4.79 Å². The van der Waals surface area contributed by atoms with Crippen molar-refractivity contribution in [2.45, 2.75) is 70.8 Å². The molecule has 106 valence electrons. The first-order chi connectivity index (χ1) is 8.70. The third-order valence-corrected chi connectivity index (χ3v) is 4.31. The Balaban J connectivity index is 2.23. The predicted octanol–water partition coefficient (Wildman–Crippen LogP) is 2.93. The topological polar surface area (TPSA) is 46.3 Å². The molecule has 3 nitrogen and oxygen atoms in total. The monoisotopic (exact) mass is 254 g/mol. The number of nitrogens with zero attached hydrogens (tertiary/aromatic N) is 1. The van der Waals surface area contributed by atoms with Crippen LogP contribution < -0.4 is 5.73 Å². The van der Waals surface area contributed by atoms with E-state index >= 15 is 0 Å². The van der Waals surface area contributed by atoms with Gasteiger partial charge in [0.2, 0.25) is 5.91 Å². The van der Waals surface area contributed by atoms with Crippen molar-refractivity contribution in [3.63, 3.8) is 0 Å². The van der Waals surface area contributed by atoms with E-state index in [2.05, 4.69) is 6.92 Å². The Hall–Kier alpha value is -0.570. The number of amides is 1. The predicted molar refractivity (Wildman–Crippen MR) is 76.3 cm³/mol. The normalized spacial score (nSPS) is 23.3. The quantitative estimate of drug-likeness (QED) is 0.677. The summed E-state index contributed by atoms with van der Waals surface area (Å²) in [5.41, 5.74) is 5.78. The lowest BCUT2D eigenvalue weighted by Gasteiger charge is -2.29. The molecule has 0 aromatic carbocycles. The highest BCUT2D eigenvalue weighted by Gasteiger charge is 2.31. The van der Waals surface area contributed by atoms with Crippen molar-refractivity contribution in [1.29, 1.82) is 0 Å². The molecule has 0 aliphatic heterocycles. The molecule has 0 aromatic rings. The molecule has 1 saturated carbocycles. The van der Waals surface area contributed by atoms with E-state index in [4.69, 9.17) is 5.73 Å². The molecule has 0 spiro atoms. The number of rotatable bonds is 8. The smallest absolute Gasteiger partial charge is 0.222 e. The number of hydrogen-bond donors (Lipinski definition) is 1. The molecule has 2 atom stereocenters. The van der Waals surface area contributed by atoms with Crippen molar-refractivity contribution in [2.75, 3.05) is 13.6 Å². The van der Waals surface area contributed by atoms with Crippen LogP contribution in [0.1, 0.15) is 64.7 Å². The first-order valence-corrected chi connectivity index (χ1v) is 7.66. The van der Waals surface area contributed by atoms with Crippen molar-refractivity contribution in [3.05, 3.63) is 0 Å². The minimum atomic E-state index is 0.317. The van der Waals surface area contributed by atoms with Crippen LogP contribution in [0.3, 0.4) is 0 Å². The van der Waals surface area contributed by atoms with Crippen LogP contribution in [0.4, 0.5) is 0 Å². The summed E-state index contributed by atoms with van der Waals surface area (Å²) in [4.78, 5) is 14.1. The van der Waals surface area contributed by atoms with E-state index in [9.17, 15) is 4.79 Å². The van der Waals surface area contributed by atoms with Crippen molar-refractivity contribution in [1.82, 2.24) is 4.90 Å². The van der Waals surface area contributed by atoms with Gasteiger partial charge >= 0.3 is 0 Å². The van der Waals surface area contributed by atoms with Crippen LogP contribution in [0, 0.1) is 5.92 Å². The fourth-order valence-corrected chi connectivity index (χ4v) is 3.04. The maximum Gasteiger partial charge on any atom is 0.222 e. The largest absolute Gasteiger partial charge is 0.342 e. The summed E-state index contributed by atoms with van der Waals surface area (Å²) < 4.78 is 0. The average Bonchev–Trinajstić information content (AvgIpc) is 2.85. The van der Waals surface area contributed by atoms with Gasteiger partial charge in [-0.25, -0.2) is 0 Å². The Morgan fingerprint density at radius 3 is 2.61 bits per heavy atom. The van der Waals surface area contributed by atoms with Crippen molar-refractivity contribution in [3.8, 4) is 0 Å². The standard InChI is InChI=1S/C15H30N2O/c1-3-4-5-6-7-11-15(18)17(2)14-10-8-9-13(14)12-16/h13-14H,3-12,16H2,1-2H3. The van der Waals surface area contributed by atoms with Gasteiger partial charge in [0, 0.05) is 19.5 Å². The van der Waals surface area contributed by atoms with Gasteiger partial charge in [0.15, 0.2) is 0 Å². The molecule has 1 rings (SSSR count). The molecular formula is C15H30N2O. The summed E-state index contributed by atoms with van der Waals surface area (Å²) in [6, 6.07) is 0.401.